The molecule has 12 nitrogen and oxygen atoms in total. The van der Waals surface area contributed by atoms with Crippen LogP contribution in [0.5, 0.6) is 0 Å². The maximum atomic E-state index is 13.3. The van der Waals surface area contributed by atoms with E-state index in [-0.39, 0.29) is 17.5 Å². The lowest BCUT2D eigenvalue weighted by atomic mass is 9.96. The minimum absolute atomic E-state index is 0.159. The van der Waals surface area contributed by atoms with E-state index in [9.17, 15) is 4.79 Å². The third kappa shape index (κ3) is 5.70. The van der Waals surface area contributed by atoms with Crippen molar-refractivity contribution in [2.24, 2.45) is 7.05 Å². The Bertz CT molecular complexity index is 1570. The van der Waals surface area contributed by atoms with Crippen molar-refractivity contribution in [3.8, 4) is 11.3 Å². The highest BCUT2D eigenvalue weighted by Crippen LogP contribution is 2.32. The van der Waals surface area contributed by atoms with Crippen LogP contribution in [0.25, 0.3) is 11.3 Å². The molecule has 5 heterocycles. The maximum absolute atomic E-state index is 13.3. The summed E-state index contributed by atoms with van der Waals surface area (Å²) in [6.07, 6.45) is 6.16. The number of carbonyl (C=O) groups is 1. The molecule has 4 aromatic rings. The average molecular weight is 557 g/mol. The molecule has 0 saturated carbocycles. The number of anilines is 2. The molecule has 1 amide bonds. The van der Waals surface area contributed by atoms with Gasteiger partial charge in [0.25, 0.3) is 5.91 Å². The second-order valence-corrected chi connectivity index (χ2v) is 11.8. The SMILES string of the molecule is Cc1nn(C)cc1Nc1nccc(-c2ccc3c(c2)CN(C2COC2)CC[C@@H]3NC(=O)c2cn(C(C)(C)C)nn2)n1. The molecule has 0 bridgehead atoms. The molecular weight excluding hydrogens is 520 g/mol. The number of ether oxygens (including phenoxy) is 1. The number of hydrogen-bond acceptors (Lipinski definition) is 9. The fraction of sp³-hybridized carbons (Fsp3) is 0.448. The van der Waals surface area contributed by atoms with Crippen LogP contribution in [0.4, 0.5) is 11.6 Å². The molecule has 0 aliphatic carbocycles. The summed E-state index contributed by atoms with van der Waals surface area (Å²) in [5, 5.41) is 19.2. The van der Waals surface area contributed by atoms with Gasteiger partial charge in [-0.15, -0.1) is 5.10 Å². The van der Waals surface area contributed by atoms with Gasteiger partial charge < -0.3 is 15.4 Å². The van der Waals surface area contributed by atoms with Gasteiger partial charge >= 0.3 is 0 Å². The van der Waals surface area contributed by atoms with Crippen molar-refractivity contribution < 1.29 is 9.53 Å². The van der Waals surface area contributed by atoms with Gasteiger partial charge in [0.2, 0.25) is 5.95 Å². The summed E-state index contributed by atoms with van der Waals surface area (Å²) in [5.41, 5.74) is 5.87. The fourth-order valence-corrected chi connectivity index (χ4v) is 5.24. The summed E-state index contributed by atoms with van der Waals surface area (Å²) in [6.45, 7) is 11.1. The van der Waals surface area contributed by atoms with E-state index in [1.54, 1.807) is 21.8 Å². The largest absolute Gasteiger partial charge is 0.378 e. The van der Waals surface area contributed by atoms with Crippen molar-refractivity contribution in [1.82, 2.24) is 45.0 Å². The van der Waals surface area contributed by atoms with Gasteiger partial charge in [0, 0.05) is 38.1 Å². The van der Waals surface area contributed by atoms with Crippen LogP contribution in [0, 0.1) is 6.92 Å². The highest BCUT2D eigenvalue weighted by molar-refractivity contribution is 5.92. The summed E-state index contributed by atoms with van der Waals surface area (Å²) in [4.78, 5) is 24.9. The lowest BCUT2D eigenvalue weighted by Crippen LogP contribution is -2.48. The minimum atomic E-state index is -0.255. The molecule has 41 heavy (non-hydrogen) atoms. The molecule has 2 aliphatic heterocycles. The van der Waals surface area contributed by atoms with Crippen molar-refractivity contribution in [2.45, 2.75) is 58.3 Å². The van der Waals surface area contributed by atoms with Crippen molar-refractivity contribution in [2.75, 3.05) is 25.1 Å². The zero-order chi connectivity index (χ0) is 28.7. The first kappa shape index (κ1) is 27.0. The normalized spacial score (nSPS) is 17.9. The topological polar surface area (TPSA) is 128 Å². The predicted molar refractivity (Wildman–Crippen MR) is 154 cm³/mol. The van der Waals surface area contributed by atoms with Crippen molar-refractivity contribution >= 4 is 17.5 Å². The number of nitrogens with one attached hydrogen (secondary N) is 2. The van der Waals surface area contributed by atoms with Crippen LogP contribution >= 0.6 is 0 Å². The summed E-state index contributed by atoms with van der Waals surface area (Å²) in [5.74, 6) is 0.286. The number of fused-ring (bicyclic) bond motifs is 1. The number of rotatable bonds is 6. The number of amides is 1. The lowest BCUT2D eigenvalue weighted by molar-refractivity contribution is -0.0678. The zero-order valence-corrected chi connectivity index (χ0v) is 24.1. The van der Waals surface area contributed by atoms with Gasteiger partial charge in [-0.3, -0.25) is 14.4 Å². The van der Waals surface area contributed by atoms with Gasteiger partial charge in [0.05, 0.1) is 54.1 Å². The average Bonchev–Trinajstić information content (AvgIpc) is 3.48. The van der Waals surface area contributed by atoms with Crippen LogP contribution in [0.3, 0.4) is 0 Å². The molecule has 1 fully saturated rings. The summed E-state index contributed by atoms with van der Waals surface area (Å²) in [6, 6.07) is 8.50. The van der Waals surface area contributed by atoms with Gasteiger partial charge in [-0.25, -0.2) is 14.6 Å². The maximum Gasteiger partial charge on any atom is 0.273 e. The number of benzene rings is 1. The molecule has 0 radical (unpaired) electrons. The zero-order valence-electron chi connectivity index (χ0n) is 24.1. The predicted octanol–water partition coefficient (Wildman–Crippen LogP) is 3.35. The Labute approximate surface area is 239 Å². The minimum Gasteiger partial charge on any atom is -0.378 e. The van der Waals surface area contributed by atoms with Crippen LogP contribution < -0.4 is 10.6 Å². The molecule has 2 aliphatic rings. The first-order valence-corrected chi connectivity index (χ1v) is 13.9. The fourth-order valence-electron chi connectivity index (χ4n) is 5.24. The van der Waals surface area contributed by atoms with Crippen molar-refractivity contribution in [1.29, 1.82) is 0 Å². The molecule has 214 valence electrons. The summed E-state index contributed by atoms with van der Waals surface area (Å²) >= 11 is 0. The number of hydrogen-bond donors (Lipinski definition) is 2. The Kier molecular flexibility index (Phi) is 7.04. The van der Waals surface area contributed by atoms with E-state index >= 15 is 0 Å². The van der Waals surface area contributed by atoms with Crippen LogP contribution in [0.15, 0.2) is 42.9 Å². The highest BCUT2D eigenvalue weighted by atomic mass is 16.5. The Hall–Kier alpha value is -4.16. The van der Waals surface area contributed by atoms with Gasteiger partial charge in [-0.2, -0.15) is 5.10 Å². The molecule has 12 heteroatoms. The van der Waals surface area contributed by atoms with Crippen molar-refractivity contribution in [3.63, 3.8) is 0 Å². The van der Waals surface area contributed by atoms with Crippen molar-refractivity contribution in [3.05, 3.63) is 65.4 Å². The number of nitrogens with zero attached hydrogens (tertiary/aromatic N) is 8. The Morgan fingerprint density at radius 1 is 1.15 bits per heavy atom. The van der Waals surface area contributed by atoms with E-state index in [2.05, 4.69) is 54.1 Å². The molecule has 3 aromatic heterocycles. The van der Waals surface area contributed by atoms with E-state index in [0.717, 1.165) is 66.5 Å². The van der Waals surface area contributed by atoms with E-state index in [4.69, 9.17) is 9.72 Å². The van der Waals surface area contributed by atoms with Crippen LogP contribution in [0.2, 0.25) is 0 Å². The van der Waals surface area contributed by atoms with Gasteiger partial charge in [-0.05, 0) is 57.4 Å². The monoisotopic (exact) mass is 556 g/mol. The highest BCUT2D eigenvalue weighted by Gasteiger charge is 2.32. The van der Waals surface area contributed by atoms with E-state index in [0.29, 0.717) is 17.7 Å². The first-order chi connectivity index (χ1) is 19.6. The van der Waals surface area contributed by atoms with Gasteiger partial charge in [-0.1, -0.05) is 17.3 Å². The second-order valence-electron chi connectivity index (χ2n) is 11.8. The van der Waals surface area contributed by atoms with Crippen LogP contribution in [-0.2, 0) is 23.9 Å². The molecule has 1 atom stereocenters. The molecule has 1 saturated heterocycles. The number of aromatic nitrogens is 7. The summed E-state index contributed by atoms with van der Waals surface area (Å²) in [7, 11) is 1.88. The Morgan fingerprint density at radius 3 is 2.66 bits per heavy atom. The molecular formula is C29H36N10O2. The first-order valence-electron chi connectivity index (χ1n) is 13.9. The lowest BCUT2D eigenvalue weighted by Gasteiger charge is -2.36. The third-order valence-corrected chi connectivity index (χ3v) is 7.66. The van der Waals surface area contributed by atoms with E-state index < -0.39 is 0 Å². The quantitative estimate of drug-likeness (QED) is 0.367. The number of aryl methyl sites for hydroxylation is 2. The molecule has 0 unspecified atom stereocenters. The smallest absolute Gasteiger partial charge is 0.273 e. The third-order valence-electron chi connectivity index (χ3n) is 7.66. The van der Waals surface area contributed by atoms with Gasteiger partial charge in [0.1, 0.15) is 0 Å². The molecule has 1 aromatic carbocycles. The Morgan fingerprint density at radius 2 is 1.98 bits per heavy atom. The van der Waals surface area contributed by atoms with E-state index in [1.165, 1.54) is 0 Å². The van der Waals surface area contributed by atoms with E-state index in [1.807, 2.05) is 47.0 Å². The van der Waals surface area contributed by atoms with Crippen LogP contribution in [0.1, 0.15) is 60.5 Å². The van der Waals surface area contributed by atoms with Gasteiger partial charge in [0.15, 0.2) is 5.69 Å². The van der Waals surface area contributed by atoms with Crippen LogP contribution in [-0.4, -0.2) is 71.3 Å². The molecule has 2 N–H and O–H groups in total. The number of carbonyl (C=O) groups excluding carboxylic acids is 1. The standard InChI is InChI=1S/C29H36N10O2/c1-18-25(14-37(5)35-18)33-28-30-10-8-23(32-28)19-6-7-22-20(12-19)13-38(21-16-41-17-21)11-9-24(22)31-27(40)26-15-39(36-34-26)29(2,3)4/h6-8,10,12,14-15,21,24H,9,11,13,16-17H2,1-5H3,(H,31,40)(H,30,32,33)/t24-/m0/s1. The second kappa shape index (κ2) is 10.7. The summed E-state index contributed by atoms with van der Waals surface area (Å²) < 4.78 is 8.98. The Balaban J connectivity index is 1.28. The molecule has 0 spiro atoms. The molecule has 6 rings (SSSR count).